The quantitative estimate of drug-likeness (QED) is 0.619. The van der Waals surface area contributed by atoms with Crippen LogP contribution in [0.4, 0.5) is 17.5 Å². The Labute approximate surface area is 194 Å². The molecule has 0 bridgehead atoms. The van der Waals surface area contributed by atoms with E-state index < -0.39 is 10.0 Å². The molecule has 0 saturated carbocycles. The van der Waals surface area contributed by atoms with E-state index in [9.17, 15) is 8.42 Å². The van der Waals surface area contributed by atoms with Gasteiger partial charge in [0.25, 0.3) is 0 Å². The van der Waals surface area contributed by atoms with E-state index in [1.165, 1.54) is 15.4 Å². The highest BCUT2D eigenvalue weighted by Gasteiger charge is 2.26. The number of aromatic nitrogens is 2. The lowest BCUT2D eigenvalue weighted by molar-refractivity contribution is 0.0730. The van der Waals surface area contributed by atoms with Crippen LogP contribution in [-0.2, 0) is 27.7 Å². The van der Waals surface area contributed by atoms with E-state index in [0.29, 0.717) is 32.3 Å². The highest BCUT2D eigenvalue weighted by molar-refractivity contribution is 7.89. The van der Waals surface area contributed by atoms with E-state index in [1.807, 2.05) is 13.0 Å². The molecule has 1 N–H and O–H groups in total. The normalized spacial score (nSPS) is 16.9. The fourth-order valence-corrected chi connectivity index (χ4v) is 5.64. The van der Waals surface area contributed by atoms with Crippen LogP contribution < -0.4 is 10.2 Å². The van der Waals surface area contributed by atoms with Gasteiger partial charge in [-0.15, -0.1) is 0 Å². The third-order valence-electron chi connectivity index (χ3n) is 6.01. The van der Waals surface area contributed by atoms with Crippen molar-refractivity contribution in [3.05, 3.63) is 71.4 Å². The van der Waals surface area contributed by atoms with Gasteiger partial charge in [0.15, 0.2) is 0 Å². The number of hydrogen-bond donors (Lipinski definition) is 1. The van der Waals surface area contributed by atoms with Gasteiger partial charge in [0.2, 0.25) is 16.0 Å². The summed E-state index contributed by atoms with van der Waals surface area (Å²) < 4.78 is 32.4. The van der Waals surface area contributed by atoms with E-state index in [1.54, 1.807) is 24.3 Å². The minimum absolute atomic E-state index is 0.271. The fourth-order valence-electron chi connectivity index (χ4n) is 4.24. The number of nitrogens with one attached hydrogen (secondary N) is 1. The van der Waals surface area contributed by atoms with Crippen LogP contribution in [0.25, 0.3) is 0 Å². The number of morpholine rings is 1. The molecule has 2 aliphatic rings. The predicted octanol–water partition coefficient (Wildman–Crippen LogP) is 3.11. The van der Waals surface area contributed by atoms with Crippen LogP contribution in [0.2, 0.25) is 0 Å². The van der Waals surface area contributed by atoms with Crippen LogP contribution in [-0.4, -0.2) is 55.5 Å². The van der Waals surface area contributed by atoms with Crippen molar-refractivity contribution in [2.45, 2.75) is 24.8 Å². The number of fused-ring (bicyclic) bond motifs is 1. The Kier molecular flexibility index (Phi) is 6.01. The summed E-state index contributed by atoms with van der Waals surface area (Å²) >= 11 is 0. The molecular formula is C24H27N5O3S. The highest BCUT2D eigenvalue weighted by Crippen LogP contribution is 2.26. The van der Waals surface area contributed by atoms with Gasteiger partial charge in [-0.3, -0.25) is 0 Å². The first-order valence-electron chi connectivity index (χ1n) is 11.1. The second-order valence-corrected chi connectivity index (χ2v) is 10.2. The summed E-state index contributed by atoms with van der Waals surface area (Å²) in [5.74, 6) is 1.37. The molecule has 172 valence electrons. The second-order valence-electron chi connectivity index (χ2n) is 8.30. The van der Waals surface area contributed by atoms with E-state index in [0.717, 1.165) is 36.7 Å². The first-order valence-corrected chi connectivity index (χ1v) is 12.6. The Morgan fingerprint density at radius 1 is 0.939 bits per heavy atom. The summed E-state index contributed by atoms with van der Waals surface area (Å²) in [5.41, 5.74) is 4.32. The minimum atomic E-state index is -3.52. The van der Waals surface area contributed by atoms with Crippen LogP contribution in [0.1, 0.15) is 16.8 Å². The number of aryl methyl sites for hydroxylation is 1. The summed E-state index contributed by atoms with van der Waals surface area (Å²) in [4.78, 5) is 11.8. The average molecular weight is 466 g/mol. The Hall–Kier alpha value is -3.01. The molecule has 3 heterocycles. The molecule has 9 heteroatoms. The van der Waals surface area contributed by atoms with Gasteiger partial charge in [-0.1, -0.05) is 24.3 Å². The topological polar surface area (TPSA) is 87.7 Å². The van der Waals surface area contributed by atoms with Crippen LogP contribution in [0.3, 0.4) is 0 Å². The fraction of sp³-hybridized carbons (Fsp3) is 0.333. The van der Waals surface area contributed by atoms with Gasteiger partial charge in [-0.05, 0) is 48.7 Å². The lowest BCUT2D eigenvalue weighted by atomic mass is 10.00. The van der Waals surface area contributed by atoms with Gasteiger partial charge in [-0.2, -0.15) is 9.29 Å². The van der Waals surface area contributed by atoms with Crippen molar-refractivity contribution in [1.82, 2.24) is 14.3 Å². The van der Waals surface area contributed by atoms with Crippen molar-refractivity contribution >= 4 is 27.5 Å². The molecule has 1 aromatic heterocycles. The predicted molar refractivity (Wildman–Crippen MR) is 127 cm³/mol. The minimum Gasteiger partial charge on any atom is -0.379 e. The Bertz CT molecular complexity index is 1240. The maximum Gasteiger partial charge on any atom is 0.243 e. The van der Waals surface area contributed by atoms with Crippen molar-refractivity contribution in [2.75, 3.05) is 43.1 Å². The first-order chi connectivity index (χ1) is 16.0. The van der Waals surface area contributed by atoms with Gasteiger partial charge >= 0.3 is 0 Å². The number of ether oxygens (including phenoxy) is 1. The Balaban J connectivity index is 1.32. The molecule has 3 aromatic rings. The van der Waals surface area contributed by atoms with E-state index in [-0.39, 0.29) is 4.90 Å². The summed E-state index contributed by atoms with van der Waals surface area (Å²) in [7, 11) is -3.52. The molecule has 0 aliphatic carbocycles. The van der Waals surface area contributed by atoms with Crippen LogP contribution in [0.5, 0.6) is 0 Å². The number of hydrogen-bond acceptors (Lipinski definition) is 7. The van der Waals surface area contributed by atoms with Gasteiger partial charge in [0.1, 0.15) is 5.82 Å². The standard InChI is InChI=1S/C24H27N5O3S/c1-18-16-23(28-11-10-19-4-2-3-5-20(19)17-28)27-24(25-18)26-21-6-8-22(9-7-21)33(30,31)29-12-14-32-15-13-29/h2-9,16H,10-15,17H2,1H3,(H,25,26,27). The molecule has 8 nitrogen and oxygen atoms in total. The van der Waals surface area contributed by atoms with Crippen molar-refractivity contribution in [3.8, 4) is 0 Å². The van der Waals surface area contributed by atoms with Gasteiger partial charge in [0, 0.05) is 43.6 Å². The number of nitrogens with zero attached hydrogens (tertiary/aromatic N) is 4. The number of benzene rings is 2. The molecule has 5 rings (SSSR count). The molecular weight excluding hydrogens is 438 g/mol. The highest BCUT2D eigenvalue weighted by atomic mass is 32.2. The lowest BCUT2D eigenvalue weighted by Gasteiger charge is -2.30. The van der Waals surface area contributed by atoms with E-state index in [4.69, 9.17) is 9.72 Å². The van der Waals surface area contributed by atoms with Gasteiger partial charge < -0.3 is 15.0 Å². The zero-order valence-corrected chi connectivity index (χ0v) is 19.4. The maximum absolute atomic E-state index is 12.8. The SMILES string of the molecule is Cc1cc(N2CCc3ccccc3C2)nc(Nc2ccc(S(=O)(=O)N3CCOCC3)cc2)n1. The van der Waals surface area contributed by atoms with Gasteiger partial charge in [0.05, 0.1) is 18.1 Å². The Morgan fingerprint density at radius 3 is 2.42 bits per heavy atom. The summed E-state index contributed by atoms with van der Waals surface area (Å²) in [5, 5.41) is 3.22. The maximum atomic E-state index is 12.8. The lowest BCUT2D eigenvalue weighted by Crippen LogP contribution is -2.40. The summed E-state index contributed by atoms with van der Waals surface area (Å²) in [6, 6.07) is 17.2. The van der Waals surface area contributed by atoms with Crippen molar-refractivity contribution < 1.29 is 13.2 Å². The zero-order chi connectivity index (χ0) is 22.8. The third kappa shape index (κ3) is 4.71. The molecule has 1 fully saturated rings. The molecule has 1 saturated heterocycles. The van der Waals surface area contributed by atoms with Crippen molar-refractivity contribution in [3.63, 3.8) is 0 Å². The number of sulfonamides is 1. The number of anilines is 3. The second kappa shape index (κ2) is 9.09. The summed E-state index contributed by atoms with van der Waals surface area (Å²) in [6.07, 6.45) is 0.987. The summed E-state index contributed by atoms with van der Waals surface area (Å²) in [6.45, 7) is 5.28. The molecule has 0 radical (unpaired) electrons. The van der Waals surface area contributed by atoms with Crippen LogP contribution >= 0.6 is 0 Å². The molecule has 0 spiro atoms. The molecule has 0 atom stereocenters. The molecule has 2 aromatic carbocycles. The molecule has 33 heavy (non-hydrogen) atoms. The largest absolute Gasteiger partial charge is 0.379 e. The van der Waals surface area contributed by atoms with Crippen LogP contribution in [0, 0.1) is 6.92 Å². The molecule has 0 unspecified atom stereocenters. The van der Waals surface area contributed by atoms with Crippen molar-refractivity contribution in [2.24, 2.45) is 0 Å². The molecule has 0 amide bonds. The molecule has 2 aliphatic heterocycles. The smallest absolute Gasteiger partial charge is 0.243 e. The number of rotatable bonds is 5. The van der Waals surface area contributed by atoms with E-state index in [2.05, 4.69) is 39.5 Å². The van der Waals surface area contributed by atoms with Gasteiger partial charge in [-0.25, -0.2) is 13.4 Å². The zero-order valence-electron chi connectivity index (χ0n) is 18.6. The third-order valence-corrected chi connectivity index (χ3v) is 7.93. The monoisotopic (exact) mass is 465 g/mol. The van der Waals surface area contributed by atoms with Crippen LogP contribution in [0.15, 0.2) is 59.5 Å². The first kappa shape index (κ1) is 21.8. The van der Waals surface area contributed by atoms with E-state index >= 15 is 0 Å². The van der Waals surface area contributed by atoms with Crippen molar-refractivity contribution in [1.29, 1.82) is 0 Å². The Morgan fingerprint density at radius 2 is 1.67 bits per heavy atom. The average Bonchev–Trinajstić information content (AvgIpc) is 2.84.